The van der Waals surface area contributed by atoms with Crippen LogP contribution in [0.25, 0.3) is 22.2 Å². The summed E-state index contributed by atoms with van der Waals surface area (Å²) in [7, 11) is 0. The van der Waals surface area contributed by atoms with Gasteiger partial charge in [-0.15, -0.1) is 0 Å². The summed E-state index contributed by atoms with van der Waals surface area (Å²) < 4.78 is 0. The van der Waals surface area contributed by atoms with Crippen molar-refractivity contribution in [2.24, 2.45) is 0 Å². The van der Waals surface area contributed by atoms with Crippen LogP contribution in [0.2, 0.25) is 5.02 Å². The lowest BCUT2D eigenvalue weighted by molar-refractivity contribution is 1.12. The van der Waals surface area contributed by atoms with Crippen LogP contribution in [0, 0.1) is 6.92 Å². The maximum absolute atomic E-state index is 6.25. The minimum absolute atomic E-state index is 0.701. The highest BCUT2D eigenvalue weighted by Gasteiger charge is 2.11. The number of halogens is 1. The highest BCUT2D eigenvalue weighted by atomic mass is 35.5. The van der Waals surface area contributed by atoms with E-state index in [0.29, 0.717) is 5.02 Å². The number of benzene rings is 3. The van der Waals surface area contributed by atoms with E-state index in [1.807, 2.05) is 42.5 Å². The molecule has 0 aliphatic rings. The SMILES string of the molecule is Cc1cc2c(-c3ccccc3)n[nH]c2cc1Nc1ccccc1Cl. The topological polar surface area (TPSA) is 40.7 Å². The van der Waals surface area contributed by atoms with Gasteiger partial charge in [-0.1, -0.05) is 54.1 Å². The number of nitrogens with zero attached hydrogens (tertiary/aromatic N) is 1. The van der Waals surface area contributed by atoms with Crippen LogP contribution in [0.3, 0.4) is 0 Å². The molecule has 0 aliphatic heterocycles. The molecule has 24 heavy (non-hydrogen) atoms. The lowest BCUT2D eigenvalue weighted by Crippen LogP contribution is -1.94. The Morgan fingerprint density at radius 1 is 0.917 bits per heavy atom. The summed E-state index contributed by atoms with van der Waals surface area (Å²) in [6, 6.07) is 22.2. The molecule has 0 aliphatic carbocycles. The first-order valence-electron chi connectivity index (χ1n) is 7.78. The Balaban J connectivity index is 1.78. The molecule has 118 valence electrons. The van der Waals surface area contributed by atoms with Gasteiger partial charge in [0.05, 0.1) is 21.9 Å². The van der Waals surface area contributed by atoms with Crippen molar-refractivity contribution >= 4 is 33.9 Å². The molecular weight excluding hydrogens is 318 g/mol. The van der Waals surface area contributed by atoms with Gasteiger partial charge in [-0.3, -0.25) is 5.10 Å². The monoisotopic (exact) mass is 333 g/mol. The lowest BCUT2D eigenvalue weighted by atomic mass is 10.0. The van der Waals surface area contributed by atoms with Crippen LogP contribution in [0.4, 0.5) is 11.4 Å². The van der Waals surface area contributed by atoms with E-state index in [4.69, 9.17) is 11.6 Å². The summed E-state index contributed by atoms with van der Waals surface area (Å²) in [5.41, 5.74) is 6.12. The Kier molecular flexibility index (Phi) is 3.71. The Labute approximate surface area is 145 Å². The predicted octanol–water partition coefficient (Wildman–Crippen LogP) is 5.94. The van der Waals surface area contributed by atoms with Gasteiger partial charge in [-0.2, -0.15) is 5.10 Å². The molecule has 0 radical (unpaired) electrons. The lowest BCUT2D eigenvalue weighted by Gasteiger charge is -2.11. The summed E-state index contributed by atoms with van der Waals surface area (Å²) in [4.78, 5) is 0. The standard InChI is InChI=1S/C20H16ClN3/c1-13-11-15-19(23-24-20(15)14-7-3-2-4-8-14)12-18(13)22-17-10-6-5-9-16(17)21/h2-12,22H,1H3,(H,23,24). The summed E-state index contributed by atoms with van der Waals surface area (Å²) in [5.74, 6) is 0. The fourth-order valence-corrected chi connectivity index (χ4v) is 3.01. The van der Waals surface area contributed by atoms with E-state index in [1.165, 1.54) is 0 Å². The molecule has 0 atom stereocenters. The van der Waals surface area contributed by atoms with Crippen LogP contribution in [-0.2, 0) is 0 Å². The molecule has 2 N–H and O–H groups in total. The molecule has 3 aromatic carbocycles. The number of aromatic amines is 1. The maximum Gasteiger partial charge on any atom is 0.0999 e. The highest BCUT2D eigenvalue weighted by molar-refractivity contribution is 6.33. The highest BCUT2D eigenvalue weighted by Crippen LogP contribution is 2.32. The zero-order valence-corrected chi connectivity index (χ0v) is 13.9. The summed E-state index contributed by atoms with van der Waals surface area (Å²) in [5, 5.41) is 12.8. The van der Waals surface area contributed by atoms with Crippen molar-refractivity contribution in [3.05, 3.63) is 77.3 Å². The second-order valence-corrected chi connectivity index (χ2v) is 6.16. The first-order chi connectivity index (χ1) is 11.7. The van der Waals surface area contributed by atoms with E-state index in [-0.39, 0.29) is 0 Å². The molecular formula is C20H16ClN3. The van der Waals surface area contributed by atoms with Crippen molar-refractivity contribution in [1.82, 2.24) is 10.2 Å². The van der Waals surface area contributed by atoms with Crippen molar-refractivity contribution in [2.75, 3.05) is 5.32 Å². The molecule has 4 aromatic rings. The molecule has 4 heteroatoms. The summed E-state index contributed by atoms with van der Waals surface area (Å²) in [6.07, 6.45) is 0. The number of fused-ring (bicyclic) bond motifs is 1. The molecule has 1 heterocycles. The number of anilines is 2. The van der Waals surface area contributed by atoms with Gasteiger partial charge < -0.3 is 5.32 Å². The maximum atomic E-state index is 6.25. The smallest absolute Gasteiger partial charge is 0.0999 e. The molecule has 0 spiro atoms. The number of rotatable bonds is 3. The first-order valence-corrected chi connectivity index (χ1v) is 8.16. The zero-order valence-electron chi connectivity index (χ0n) is 13.2. The van der Waals surface area contributed by atoms with E-state index in [1.54, 1.807) is 0 Å². The fraction of sp³-hybridized carbons (Fsp3) is 0.0500. The Bertz CT molecular complexity index is 1010. The van der Waals surface area contributed by atoms with Crippen LogP contribution in [0.1, 0.15) is 5.56 Å². The summed E-state index contributed by atoms with van der Waals surface area (Å²) >= 11 is 6.25. The molecule has 0 saturated carbocycles. The molecule has 4 rings (SSSR count). The Morgan fingerprint density at radius 3 is 2.46 bits per heavy atom. The third-order valence-corrected chi connectivity index (χ3v) is 4.43. The molecule has 0 bridgehead atoms. The van der Waals surface area contributed by atoms with Crippen LogP contribution in [0.5, 0.6) is 0 Å². The zero-order chi connectivity index (χ0) is 16.5. The van der Waals surface area contributed by atoms with E-state index in [9.17, 15) is 0 Å². The average Bonchev–Trinajstić information content (AvgIpc) is 3.00. The normalized spacial score (nSPS) is 10.9. The van der Waals surface area contributed by atoms with Gasteiger partial charge in [0.25, 0.3) is 0 Å². The van der Waals surface area contributed by atoms with E-state index in [2.05, 4.69) is 46.7 Å². The van der Waals surface area contributed by atoms with Gasteiger partial charge in [-0.25, -0.2) is 0 Å². The van der Waals surface area contributed by atoms with Gasteiger partial charge >= 0.3 is 0 Å². The number of nitrogens with one attached hydrogen (secondary N) is 2. The van der Waals surface area contributed by atoms with Gasteiger partial charge in [0, 0.05) is 16.6 Å². The van der Waals surface area contributed by atoms with Gasteiger partial charge in [0.1, 0.15) is 0 Å². The average molecular weight is 334 g/mol. The molecule has 0 unspecified atom stereocenters. The van der Waals surface area contributed by atoms with Crippen molar-refractivity contribution in [1.29, 1.82) is 0 Å². The molecule has 0 saturated heterocycles. The summed E-state index contributed by atoms with van der Waals surface area (Å²) in [6.45, 7) is 2.08. The van der Waals surface area contributed by atoms with E-state index < -0.39 is 0 Å². The van der Waals surface area contributed by atoms with Gasteiger partial charge in [0.2, 0.25) is 0 Å². The van der Waals surface area contributed by atoms with Crippen LogP contribution in [-0.4, -0.2) is 10.2 Å². The fourth-order valence-electron chi connectivity index (χ4n) is 2.83. The van der Waals surface area contributed by atoms with Crippen LogP contribution < -0.4 is 5.32 Å². The van der Waals surface area contributed by atoms with Crippen LogP contribution in [0.15, 0.2) is 66.7 Å². The molecule has 0 fully saturated rings. The number of H-pyrrole nitrogens is 1. The minimum atomic E-state index is 0.701. The second-order valence-electron chi connectivity index (χ2n) is 5.76. The van der Waals surface area contributed by atoms with E-state index in [0.717, 1.165) is 39.1 Å². The number of aromatic nitrogens is 2. The van der Waals surface area contributed by atoms with Crippen molar-refractivity contribution in [3.63, 3.8) is 0 Å². The van der Waals surface area contributed by atoms with Crippen molar-refractivity contribution < 1.29 is 0 Å². The Morgan fingerprint density at radius 2 is 1.67 bits per heavy atom. The number of para-hydroxylation sites is 1. The van der Waals surface area contributed by atoms with Crippen molar-refractivity contribution in [3.8, 4) is 11.3 Å². The molecule has 0 amide bonds. The number of aryl methyl sites for hydroxylation is 1. The number of hydrogen-bond donors (Lipinski definition) is 2. The second kappa shape index (κ2) is 6.02. The molecule has 3 nitrogen and oxygen atoms in total. The quantitative estimate of drug-likeness (QED) is 0.487. The predicted molar refractivity (Wildman–Crippen MR) is 101 cm³/mol. The van der Waals surface area contributed by atoms with Crippen LogP contribution >= 0.6 is 11.6 Å². The third kappa shape index (κ3) is 2.63. The van der Waals surface area contributed by atoms with Crippen molar-refractivity contribution in [2.45, 2.75) is 6.92 Å². The van der Waals surface area contributed by atoms with Gasteiger partial charge in [0.15, 0.2) is 0 Å². The molecule has 1 aromatic heterocycles. The van der Waals surface area contributed by atoms with E-state index >= 15 is 0 Å². The third-order valence-electron chi connectivity index (χ3n) is 4.10. The van der Waals surface area contributed by atoms with Gasteiger partial charge in [-0.05, 0) is 36.8 Å². The first kappa shape index (κ1) is 14.8. The number of hydrogen-bond acceptors (Lipinski definition) is 2. The Hall–Kier alpha value is -2.78. The largest absolute Gasteiger partial charge is 0.354 e. The minimum Gasteiger partial charge on any atom is -0.354 e.